The van der Waals surface area contributed by atoms with E-state index in [2.05, 4.69) is 43.6 Å². The number of halogens is 1. The Labute approximate surface area is 187 Å². The molecular formula is C21H22BrN5O2S. The van der Waals surface area contributed by atoms with E-state index in [1.807, 2.05) is 50.2 Å². The Morgan fingerprint density at radius 3 is 2.87 bits per heavy atom. The topological polar surface area (TPSA) is 85.0 Å². The van der Waals surface area contributed by atoms with Crippen LogP contribution < -0.4 is 10.6 Å². The molecule has 0 fully saturated rings. The van der Waals surface area contributed by atoms with Crippen molar-refractivity contribution in [2.45, 2.75) is 38.4 Å². The van der Waals surface area contributed by atoms with Gasteiger partial charge in [-0.3, -0.25) is 4.79 Å². The van der Waals surface area contributed by atoms with Crippen LogP contribution in [-0.4, -0.2) is 26.4 Å². The molecule has 0 saturated heterocycles. The van der Waals surface area contributed by atoms with Crippen molar-refractivity contribution in [2.75, 3.05) is 16.4 Å². The number of allylic oxidation sites excluding steroid dienone is 1. The first-order chi connectivity index (χ1) is 14.5. The highest BCUT2D eigenvalue weighted by Gasteiger charge is 2.36. The molecule has 1 atom stereocenters. The van der Waals surface area contributed by atoms with Gasteiger partial charge in [-0.1, -0.05) is 30.8 Å². The van der Waals surface area contributed by atoms with E-state index in [9.17, 15) is 4.79 Å². The molecule has 4 rings (SSSR count). The lowest BCUT2D eigenvalue weighted by atomic mass is 10.00. The minimum atomic E-state index is -0.527. The van der Waals surface area contributed by atoms with Crippen molar-refractivity contribution < 1.29 is 9.21 Å². The largest absolute Gasteiger partial charge is 0.452 e. The molecule has 1 aliphatic heterocycles. The predicted octanol–water partition coefficient (Wildman–Crippen LogP) is 5.37. The SMILES string of the molecule is CCCSc1nc2n(n1)C(c1ccc(Br)o1)C(C(=O)Nc1cccc(C)c1)=C(C)N2. The second kappa shape index (κ2) is 8.69. The average Bonchev–Trinajstić information content (AvgIpc) is 3.30. The van der Waals surface area contributed by atoms with Crippen LogP contribution in [0.4, 0.5) is 11.6 Å². The van der Waals surface area contributed by atoms with Gasteiger partial charge in [0, 0.05) is 17.1 Å². The van der Waals surface area contributed by atoms with Crippen molar-refractivity contribution in [3.63, 3.8) is 0 Å². The number of benzene rings is 1. The molecule has 0 bridgehead atoms. The fraction of sp³-hybridized carbons (Fsp3) is 0.286. The minimum Gasteiger partial charge on any atom is -0.452 e. The highest BCUT2D eigenvalue weighted by atomic mass is 79.9. The number of carbonyl (C=O) groups excluding carboxylic acids is 1. The number of thioether (sulfide) groups is 1. The van der Waals surface area contributed by atoms with Crippen LogP contribution in [0.2, 0.25) is 0 Å². The molecule has 1 amide bonds. The number of hydrogen-bond acceptors (Lipinski definition) is 6. The summed E-state index contributed by atoms with van der Waals surface area (Å²) in [4.78, 5) is 17.9. The molecule has 2 N–H and O–H groups in total. The maximum atomic E-state index is 13.3. The third-order valence-electron chi connectivity index (χ3n) is 4.65. The molecule has 9 heteroatoms. The van der Waals surface area contributed by atoms with E-state index in [4.69, 9.17) is 4.42 Å². The van der Waals surface area contributed by atoms with Crippen LogP contribution in [0.3, 0.4) is 0 Å². The molecule has 7 nitrogen and oxygen atoms in total. The average molecular weight is 488 g/mol. The van der Waals surface area contributed by atoms with Crippen LogP contribution in [0.25, 0.3) is 0 Å². The summed E-state index contributed by atoms with van der Waals surface area (Å²) in [6, 6.07) is 10.8. The fourth-order valence-corrected chi connectivity index (χ4v) is 4.34. The van der Waals surface area contributed by atoms with Gasteiger partial charge in [0.25, 0.3) is 5.91 Å². The number of aryl methyl sites for hydroxylation is 1. The van der Waals surface area contributed by atoms with Crippen LogP contribution >= 0.6 is 27.7 Å². The van der Waals surface area contributed by atoms with Crippen molar-refractivity contribution in [3.05, 3.63) is 63.7 Å². The quantitative estimate of drug-likeness (QED) is 0.454. The van der Waals surface area contributed by atoms with Crippen molar-refractivity contribution in [2.24, 2.45) is 0 Å². The maximum Gasteiger partial charge on any atom is 0.256 e. The number of rotatable bonds is 6. The zero-order chi connectivity index (χ0) is 21.3. The molecule has 0 aliphatic carbocycles. The van der Waals surface area contributed by atoms with E-state index >= 15 is 0 Å². The van der Waals surface area contributed by atoms with Gasteiger partial charge in [0.2, 0.25) is 11.1 Å². The Morgan fingerprint density at radius 2 is 2.17 bits per heavy atom. The summed E-state index contributed by atoms with van der Waals surface area (Å²) in [7, 11) is 0. The highest BCUT2D eigenvalue weighted by molar-refractivity contribution is 9.10. The van der Waals surface area contributed by atoms with Gasteiger partial charge in [-0.2, -0.15) is 4.98 Å². The first-order valence-corrected chi connectivity index (χ1v) is 11.4. The molecule has 0 radical (unpaired) electrons. The van der Waals surface area contributed by atoms with Crippen molar-refractivity contribution in [3.8, 4) is 0 Å². The number of hydrogen-bond donors (Lipinski definition) is 2. The summed E-state index contributed by atoms with van der Waals surface area (Å²) in [5.74, 6) is 1.91. The zero-order valence-electron chi connectivity index (χ0n) is 16.9. The van der Waals surface area contributed by atoms with Crippen molar-refractivity contribution in [1.29, 1.82) is 0 Å². The lowest BCUT2D eigenvalue weighted by Crippen LogP contribution is -2.31. The van der Waals surface area contributed by atoms with Crippen LogP contribution in [-0.2, 0) is 4.79 Å². The predicted molar refractivity (Wildman–Crippen MR) is 122 cm³/mol. The lowest BCUT2D eigenvalue weighted by Gasteiger charge is -2.27. The van der Waals surface area contributed by atoms with Gasteiger partial charge in [-0.25, -0.2) is 4.68 Å². The summed E-state index contributed by atoms with van der Waals surface area (Å²) in [6.07, 6.45) is 1.03. The van der Waals surface area contributed by atoms with Crippen molar-refractivity contribution >= 4 is 45.2 Å². The Kier molecular flexibility index (Phi) is 6.01. The second-order valence-electron chi connectivity index (χ2n) is 7.04. The van der Waals surface area contributed by atoms with Crippen LogP contribution in [0.1, 0.15) is 37.6 Å². The number of furan rings is 1. The van der Waals surface area contributed by atoms with E-state index < -0.39 is 6.04 Å². The van der Waals surface area contributed by atoms with E-state index in [1.165, 1.54) is 0 Å². The van der Waals surface area contributed by atoms with E-state index in [1.54, 1.807) is 16.4 Å². The molecule has 1 unspecified atom stereocenters. The second-order valence-corrected chi connectivity index (χ2v) is 8.89. The molecule has 2 aromatic heterocycles. The fourth-order valence-electron chi connectivity index (χ4n) is 3.34. The maximum absolute atomic E-state index is 13.3. The van der Waals surface area contributed by atoms with Gasteiger partial charge in [0.15, 0.2) is 4.67 Å². The third kappa shape index (κ3) is 4.17. The van der Waals surface area contributed by atoms with Crippen LogP contribution in [0.5, 0.6) is 0 Å². The number of anilines is 2. The molecule has 156 valence electrons. The summed E-state index contributed by atoms with van der Waals surface area (Å²) >= 11 is 4.95. The zero-order valence-corrected chi connectivity index (χ0v) is 19.3. The summed E-state index contributed by atoms with van der Waals surface area (Å²) in [5, 5.41) is 11.6. The van der Waals surface area contributed by atoms with E-state index in [0.29, 0.717) is 32.8 Å². The molecule has 1 aromatic carbocycles. The number of aromatic nitrogens is 3. The van der Waals surface area contributed by atoms with Gasteiger partial charge in [-0.15, -0.1) is 5.10 Å². The van der Waals surface area contributed by atoms with Gasteiger partial charge in [0.05, 0.1) is 5.57 Å². The van der Waals surface area contributed by atoms with Crippen LogP contribution in [0.15, 0.2) is 61.9 Å². The van der Waals surface area contributed by atoms with E-state index in [-0.39, 0.29) is 5.91 Å². The first kappa shape index (κ1) is 20.7. The number of nitrogens with zero attached hydrogens (tertiary/aromatic N) is 3. The number of amides is 1. The third-order valence-corrected chi connectivity index (χ3v) is 6.12. The summed E-state index contributed by atoms with van der Waals surface area (Å²) in [6.45, 7) is 5.97. The minimum absolute atomic E-state index is 0.216. The Hall–Kier alpha value is -2.52. The first-order valence-electron chi connectivity index (χ1n) is 9.66. The molecule has 3 heterocycles. The van der Waals surface area contributed by atoms with Gasteiger partial charge < -0.3 is 15.1 Å². The number of fused-ring (bicyclic) bond motifs is 1. The molecular weight excluding hydrogens is 466 g/mol. The van der Waals surface area contributed by atoms with Gasteiger partial charge in [0.1, 0.15) is 11.8 Å². The molecule has 0 spiro atoms. The molecule has 3 aromatic rings. The highest BCUT2D eigenvalue weighted by Crippen LogP contribution is 2.38. The molecule has 1 aliphatic rings. The number of nitrogens with one attached hydrogen (secondary N) is 2. The Morgan fingerprint density at radius 1 is 1.33 bits per heavy atom. The van der Waals surface area contributed by atoms with E-state index in [0.717, 1.165) is 23.4 Å². The number of carbonyl (C=O) groups is 1. The molecule has 0 saturated carbocycles. The lowest BCUT2D eigenvalue weighted by molar-refractivity contribution is -0.113. The van der Waals surface area contributed by atoms with Crippen molar-refractivity contribution in [1.82, 2.24) is 14.8 Å². The monoisotopic (exact) mass is 487 g/mol. The Bertz CT molecular complexity index is 1120. The molecule has 30 heavy (non-hydrogen) atoms. The normalized spacial score (nSPS) is 15.7. The summed E-state index contributed by atoms with van der Waals surface area (Å²) < 4.78 is 8.16. The standard InChI is InChI=1S/C21H22BrN5O2S/c1-4-10-30-21-25-20-23-13(3)17(19(28)24-14-7-5-6-12(2)11-14)18(27(20)26-21)15-8-9-16(22)29-15/h5-9,11,18H,4,10H2,1-3H3,(H,24,28)(H,23,25,26). The van der Waals surface area contributed by atoms with Gasteiger partial charge in [-0.05, 0) is 66.0 Å². The Balaban J connectivity index is 1.73. The summed E-state index contributed by atoms with van der Waals surface area (Å²) in [5.41, 5.74) is 3.05. The van der Waals surface area contributed by atoms with Gasteiger partial charge >= 0.3 is 0 Å². The van der Waals surface area contributed by atoms with Crippen LogP contribution in [0, 0.1) is 6.92 Å². The smallest absolute Gasteiger partial charge is 0.256 e.